The second-order valence-electron chi connectivity index (χ2n) is 7.98. The average Bonchev–Trinajstić information content (AvgIpc) is 3.44. The van der Waals surface area contributed by atoms with Crippen LogP contribution in [0.2, 0.25) is 0 Å². The SMILES string of the molecule is COc1ccc(Cn2nnnc2SCc2csc(N(C(C)=O)c3c(C)cc(C)cc3C)n2)cc1. The van der Waals surface area contributed by atoms with Crippen molar-refractivity contribution in [2.24, 2.45) is 0 Å². The van der Waals surface area contributed by atoms with Crippen molar-refractivity contribution in [1.29, 1.82) is 0 Å². The second-order valence-corrected chi connectivity index (χ2v) is 9.76. The van der Waals surface area contributed by atoms with Gasteiger partial charge in [-0.05, 0) is 60.0 Å². The predicted octanol–water partition coefficient (Wildman–Crippen LogP) is 5.09. The van der Waals surface area contributed by atoms with Crippen molar-refractivity contribution in [3.8, 4) is 5.75 Å². The van der Waals surface area contributed by atoms with Crippen LogP contribution in [0.3, 0.4) is 0 Å². The molecule has 10 heteroatoms. The molecule has 0 N–H and O–H groups in total. The number of carbonyl (C=O) groups is 1. The number of thiazole rings is 1. The van der Waals surface area contributed by atoms with E-state index in [1.165, 1.54) is 28.7 Å². The fourth-order valence-corrected chi connectivity index (χ4v) is 5.57. The number of thioether (sulfide) groups is 1. The number of hydrogen-bond acceptors (Lipinski definition) is 8. The number of tetrazole rings is 1. The van der Waals surface area contributed by atoms with E-state index >= 15 is 0 Å². The highest BCUT2D eigenvalue weighted by Crippen LogP contribution is 2.35. The number of hydrogen-bond donors (Lipinski definition) is 0. The zero-order valence-corrected chi connectivity index (χ0v) is 21.4. The zero-order chi connectivity index (χ0) is 24.2. The maximum absolute atomic E-state index is 12.6. The number of rotatable bonds is 8. The first-order chi connectivity index (χ1) is 16.4. The molecule has 0 aliphatic carbocycles. The van der Waals surface area contributed by atoms with Crippen LogP contribution in [0.5, 0.6) is 5.75 Å². The molecule has 4 aromatic rings. The number of nitrogens with zero attached hydrogens (tertiary/aromatic N) is 6. The largest absolute Gasteiger partial charge is 0.497 e. The van der Waals surface area contributed by atoms with Crippen LogP contribution < -0.4 is 9.64 Å². The van der Waals surface area contributed by atoms with Crippen LogP contribution in [-0.4, -0.2) is 38.2 Å². The molecule has 0 unspecified atom stereocenters. The molecule has 0 bridgehead atoms. The first-order valence-corrected chi connectivity index (χ1v) is 12.6. The van der Waals surface area contributed by atoms with E-state index in [-0.39, 0.29) is 5.91 Å². The quantitative estimate of drug-likeness (QED) is 0.315. The third-order valence-electron chi connectivity index (χ3n) is 5.24. The van der Waals surface area contributed by atoms with Crippen molar-refractivity contribution >= 4 is 39.8 Å². The van der Waals surface area contributed by atoms with Gasteiger partial charge in [0, 0.05) is 18.1 Å². The van der Waals surface area contributed by atoms with Gasteiger partial charge in [0.2, 0.25) is 11.1 Å². The van der Waals surface area contributed by atoms with Crippen LogP contribution in [0.1, 0.15) is 34.9 Å². The molecule has 0 radical (unpaired) electrons. The maximum Gasteiger partial charge on any atom is 0.230 e. The molecule has 0 aliphatic rings. The Bertz CT molecular complexity index is 1280. The molecular weight excluding hydrogens is 468 g/mol. The van der Waals surface area contributed by atoms with Gasteiger partial charge in [-0.15, -0.1) is 16.4 Å². The maximum atomic E-state index is 12.6. The van der Waals surface area contributed by atoms with Crippen LogP contribution in [0.4, 0.5) is 10.8 Å². The summed E-state index contributed by atoms with van der Waals surface area (Å²) >= 11 is 2.97. The summed E-state index contributed by atoms with van der Waals surface area (Å²) in [5.74, 6) is 1.34. The van der Waals surface area contributed by atoms with E-state index in [9.17, 15) is 4.79 Å². The van der Waals surface area contributed by atoms with Crippen LogP contribution in [0.25, 0.3) is 0 Å². The molecule has 4 rings (SSSR count). The van der Waals surface area contributed by atoms with Gasteiger partial charge in [0.25, 0.3) is 0 Å². The fourth-order valence-electron chi connectivity index (χ4n) is 3.82. The van der Waals surface area contributed by atoms with Crippen LogP contribution in [0, 0.1) is 20.8 Å². The van der Waals surface area contributed by atoms with Crippen molar-refractivity contribution in [3.63, 3.8) is 0 Å². The molecule has 1 amide bonds. The lowest BCUT2D eigenvalue weighted by Crippen LogP contribution is -2.24. The Kier molecular flexibility index (Phi) is 7.28. The topological polar surface area (TPSA) is 86.0 Å². The van der Waals surface area contributed by atoms with Gasteiger partial charge in [-0.25, -0.2) is 9.67 Å². The highest BCUT2D eigenvalue weighted by Gasteiger charge is 2.22. The minimum Gasteiger partial charge on any atom is -0.497 e. The van der Waals surface area contributed by atoms with Crippen molar-refractivity contribution in [2.75, 3.05) is 12.0 Å². The van der Waals surface area contributed by atoms with Gasteiger partial charge in [-0.1, -0.05) is 41.6 Å². The standard InChI is InChI=1S/C24H26N6O2S2/c1-15-10-16(2)22(17(3)11-15)30(18(4)31)23-25-20(13-33-23)14-34-24-26-27-28-29(24)12-19-6-8-21(32-5)9-7-19/h6-11,13H,12,14H2,1-5H3. The van der Waals surface area contributed by atoms with Crippen molar-refractivity contribution < 1.29 is 9.53 Å². The van der Waals surface area contributed by atoms with Gasteiger partial charge in [0.1, 0.15) is 5.75 Å². The summed E-state index contributed by atoms with van der Waals surface area (Å²) in [6.45, 7) is 8.24. The Hall–Kier alpha value is -3.24. The number of aromatic nitrogens is 5. The van der Waals surface area contributed by atoms with E-state index < -0.39 is 0 Å². The number of anilines is 2. The number of methoxy groups -OCH3 is 1. The monoisotopic (exact) mass is 494 g/mol. The Morgan fingerprint density at radius 2 is 1.85 bits per heavy atom. The summed E-state index contributed by atoms with van der Waals surface area (Å²) in [7, 11) is 1.65. The highest BCUT2D eigenvalue weighted by molar-refractivity contribution is 7.98. The summed E-state index contributed by atoms with van der Waals surface area (Å²) < 4.78 is 6.98. The number of ether oxygens (including phenoxy) is 1. The number of amides is 1. The number of carbonyl (C=O) groups excluding carboxylic acids is 1. The van der Waals surface area contributed by atoms with Gasteiger partial charge in [-0.3, -0.25) is 9.69 Å². The zero-order valence-electron chi connectivity index (χ0n) is 19.8. The molecule has 2 heterocycles. The first kappa shape index (κ1) is 23.9. The van der Waals surface area contributed by atoms with E-state index in [0.29, 0.717) is 22.6 Å². The van der Waals surface area contributed by atoms with Gasteiger partial charge in [0.05, 0.1) is 25.0 Å². The molecule has 0 spiro atoms. The molecule has 0 fully saturated rings. The minimum atomic E-state index is -0.0629. The van der Waals surface area contributed by atoms with E-state index in [2.05, 4.69) is 34.6 Å². The third kappa shape index (κ3) is 5.28. The normalized spacial score (nSPS) is 11.0. The van der Waals surface area contributed by atoms with Gasteiger partial charge in [0.15, 0.2) is 5.13 Å². The first-order valence-electron chi connectivity index (χ1n) is 10.7. The molecule has 0 saturated carbocycles. The fraction of sp³-hybridized carbons (Fsp3) is 0.292. The summed E-state index contributed by atoms with van der Waals surface area (Å²) in [6.07, 6.45) is 0. The number of aryl methyl sites for hydroxylation is 3. The lowest BCUT2D eigenvalue weighted by molar-refractivity contribution is -0.115. The molecule has 34 heavy (non-hydrogen) atoms. The van der Waals surface area contributed by atoms with E-state index in [0.717, 1.165) is 33.8 Å². The van der Waals surface area contributed by atoms with Gasteiger partial charge in [-0.2, -0.15) is 0 Å². The molecule has 0 aliphatic heterocycles. The molecule has 0 saturated heterocycles. The lowest BCUT2D eigenvalue weighted by atomic mass is 10.0. The lowest BCUT2D eigenvalue weighted by Gasteiger charge is -2.23. The Morgan fingerprint density at radius 1 is 1.15 bits per heavy atom. The van der Waals surface area contributed by atoms with E-state index in [1.54, 1.807) is 23.6 Å². The third-order valence-corrected chi connectivity index (χ3v) is 7.11. The second kappa shape index (κ2) is 10.4. The molecule has 176 valence electrons. The predicted molar refractivity (Wildman–Crippen MR) is 135 cm³/mol. The summed E-state index contributed by atoms with van der Waals surface area (Å²) in [4.78, 5) is 19.1. The molecular formula is C24H26N6O2S2. The van der Waals surface area contributed by atoms with Crippen molar-refractivity contribution in [3.05, 3.63) is 69.7 Å². The van der Waals surface area contributed by atoms with Crippen molar-refractivity contribution in [1.82, 2.24) is 25.2 Å². The molecule has 2 aromatic carbocycles. The van der Waals surface area contributed by atoms with Crippen LogP contribution in [-0.2, 0) is 17.1 Å². The Balaban J connectivity index is 1.48. The van der Waals surface area contributed by atoms with E-state index in [4.69, 9.17) is 9.72 Å². The molecule has 0 atom stereocenters. The van der Waals surface area contributed by atoms with Crippen LogP contribution >= 0.6 is 23.1 Å². The smallest absolute Gasteiger partial charge is 0.230 e. The number of benzene rings is 2. The van der Waals surface area contributed by atoms with Gasteiger partial charge >= 0.3 is 0 Å². The van der Waals surface area contributed by atoms with Crippen LogP contribution in [0.15, 0.2) is 46.9 Å². The highest BCUT2D eigenvalue weighted by atomic mass is 32.2. The Labute approximate surface area is 207 Å². The average molecular weight is 495 g/mol. The minimum absolute atomic E-state index is 0.0629. The summed E-state index contributed by atoms with van der Waals surface area (Å²) in [5, 5.41) is 15.5. The summed E-state index contributed by atoms with van der Waals surface area (Å²) in [5.41, 5.74) is 6.12. The Morgan fingerprint density at radius 3 is 2.50 bits per heavy atom. The van der Waals surface area contributed by atoms with Gasteiger partial charge < -0.3 is 4.74 Å². The molecule has 8 nitrogen and oxygen atoms in total. The van der Waals surface area contributed by atoms with E-state index in [1.807, 2.05) is 43.5 Å². The van der Waals surface area contributed by atoms with Crippen molar-refractivity contribution in [2.45, 2.75) is 45.1 Å². The molecule has 2 aromatic heterocycles. The summed E-state index contributed by atoms with van der Waals surface area (Å²) in [6, 6.07) is 12.0.